The van der Waals surface area contributed by atoms with Crippen LogP contribution in [-0.4, -0.2) is 48.8 Å². The van der Waals surface area contributed by atoms with Crippen molar-refractivity contribution in [3.8, 4) is 0 Å². The van der Waals surface area contributed by atoms with E-state index in [0.717, 1.165) is 25.8 Å². The second kappa shape index (κ2) is 4.76. The van der Waals surface area contributed by atoms with Gasteiger partial charge in [-0.15, -0.1) is 0 Å². The Morgan fingerprint density at radius 1 is 1.29 bits per heavy atom. The quantitative estimate of drug-likeness (QED) is 0.794. The summed E-state index contributed by atoms with van der Waals surface area (Å²) in [6, 6.07) is 1.64. The van der Waals surface area contributed by atoms with E-state index in [-0.39, 0.29) is 6.17 Å². The van der Waals surface area contributed by atoms with Crippen LogP contribution in [0.4, 0.5) is 24.7 Å². The van der Waals surface area contributed by atoms with Crippen molar-refractivity contribution in [3.63, 3.8) is 0 Å². The van der Waals surface area contributed by atoms with E-state index in [1.165, 1.54) is 6.07 Å². The molecule has 116 valence electrons. The highest BCUT2D eigenvalue weighted by Crippen LogP contribution is 2.41. The van der Waals surface area contributed by atoms with E-state index in [1.807, 2.05) is 11.9 Å². The first-order valence-corrected chi connectivity index (χ1v) is 7.10. The van der Waals surface area contributed by atoms with Gasteiger partial charge in [0.25, 0.3) is 0 Å². The van der Waals surface area contributed by atoms with E-state index >= 15 is 0 Å². The third-order valence-corrected chi connectivity index (χ3v) is 4.39. The average Bonchev–Trinajstić information content (AvgIpc) is 2.70. The van der Waals surface area contributed by atoms with Crippen LogP contribution in [0, 0.1) is 0 Å². The molecule has 1 aromatic heterocycles. The fourth-order valence-electron chi connectivity index (χ4n) is 3.07. The number of rotatable bonds is 1. The molecule has 0 N–H and O–H groups in total. The maximum absolute atomic E-state index is 12.8. The summed E-state index contributed by atoms with van der Waals surface area (Å²) in [4.78, 5) is 10.4. The number of anilines is 2. The first-order chi connectivity index (χ1) is 9.79. The standard InChI is InChI=1S/C14H19F3N4/c1-9(2)20-4-5-21-12(8-20)19(3)11-6-10(14(15,16)17)7-18-13(11)21/h6-7,9,12H,4-5,8H2,1-3H3. The molecule has 0 spiro atoms. The summed E-state index contributed by atoms with van der Waals surface area (Å²) in [7, 11) is 1.84. The van der Waals surface area contributed by atoms with Crippen LogP contribution < -0.4 is 9.80 Å². The molecule has 1 atom stereocenters. The minimum atomic E-state index is -4.35. The molecular weight excluding hydrogens is 281 g/mol. The number of halogens is 3. The average molecular weight is 300 g/mol. The number of aromatic nitrogens is 1. The number of alkyl halides is 3. The SMILES string of the molecule is CC(C)N1CCN2c3ncc(C(F)(F)F)cc3N(C)C2C1. The van der Waals surface area contributed by atoms with Crippen molar-refractivity contribution in [2.24, 2.45) is 0 Å². The van der Waals surface area contributed by atoms with Gasteiger partial charge in [-0.1, -0.05) is 0 Å². The van der Waals surface area contributed by atoms with Gasteiger partial charge in [-0.3, -0.25) is 4.90 Å². The molecular formula is C14H19F3N4. The Labute approximate surface area is 122 Å². The fraction of sp³-hybridized carbons (Fsp3) is 0.643. The van der Waals surface area contributed by atoms with Crippen molar-refractivity contribution in [2.75, 3.05) is 36.5 Å². The number of nitrogens with zero attached hydrogens (tertiary/aromatic N) is 4. The number of piperazine rings is 1. The van der Waals surface area contributed by atoms with E-state index < -0.39 is 11.7 Å². The molecule has 0 aliphatic carbocycles. The second-order valence-corrected chi connectivity index (χ2v) is 5.94. The van der Waals surface area contributed by atoms with Crippen molar-refractivity contribution in [1.82, 2.24) is 9.88 Å². The maximum atomic E-state index is 12.8. The lowest BCUT2D eigenvalue weighted by Crippen LogP contribution is -2.58. The van der Waals surface area contributed by atoms with Gasteiger partial charge < -0.3 is 9.80 Å². The van der Waals surface area contributed by atoms with Crippen LogP contribution in [0.3, 0.4) is 0 Å². The summed E-state index contributed by atoms with van der Waals surface area (Å²) in [5, 5.41) is 0. The largest absolute Gasteiger partial charge is 0.417 e. The molecule has 0 bridgehead atoms. The molecule has 1 fully saturated rings. The molecule has 2 aliphatic rings. The number of fused-ring (bicyclic) bond motifs is 3. The molecule has 1 saturated heterocycles. The summed E-state index contributed by atoms with van der Waals surface area (Å²) in [5.74, 6) is 0.666. The van der Waals surface area contributed by atoms with Gasteiger partial charge in [0, 0.05) is 38.9 Å². The Morgan fingerprint density at radius 3 is 2.62 bits per heavy atom. The van der Waals surface area contributed by atoms with Crippen LogP contribution >= 0.6 is 0 Å². The summed E-state index contributed by atoms with van der Waals surface area (Å²) in [6.07, 6.45) is -3.35. The van der Waals surface area contributed by atoms with E-state index in [1.54, 1.807) is 0 Å². The molecule has 7 heteroatoms. The van der Waals surface area contributed by atoms with Crippen molar-refractivity contribution < 1.29 is 13.2 Å². The first-order valence-electron chi connectivity index (χ1n) is 7.10. The van der Waals surface area contributed by atoms with Gasteiger partial charge in [-0.25, -0.2) is 4.98 Å². The Bertz CT molecular complexity index is 544. The van der Waals surface area contributed by atoms with Crippen molar-refractivity contribution in [1.29, 1.82) is 0 Å². The number of hydrogen-bond acceptors (Lipinski definition) is 4. The number of pyridine rings is 1. The van der Waals surface area contributed by atoms with Gasteiger partial charge in [-0.2, -0.15) is 13.2 Å². The predicted octanol–water partition coefficient (Wildman–Crippen LogP) is 2.41. The normalized spacial score (nSPS) is 22.7. The zero-order chi connectivity index (χ0) is 15.4. The van der Waals surface area contributed by atoms with E-state index in [9.17, 15) is 13.2 Å². The first kappa shape index (κ1) is 14.4. The summed E-state index contributed by atoms with van der Waals surface area (Å²) in [6.45, 7) is 6.78. The summed E-state index contributed by atoms with van der Waals surface area (Å²) in [5.41, 5.74) is -0.117. The van der Waals surface area contributed by atoms with Gasteiger partial charge in [-0.05, 0) is 19.9 Å². The van der Waals surface area contributed by atoms with Gasteiger partial charge >= 0.3 is 6.18 Å². The summed E-state index contributed by atoms with van der Waals surface area (Å²) >= 11 is 0. The lowest BCUT2D eigenvalue weighted by atomic mass is 10.2. The molecule has 1 unspecified atom stereocenters. The monoisotopic (exact) mass is 300 g/mol. The van der Waals surface area contributed by atoms with Crippen LogP contribution in [0.1, 0.15) is 19.4 Å². The highest BCUT2D eigenvalue weighted by atomic mass is 19.4. The molecule has 0 saturated carbocycles. The predicted molar refractivity (Wildman–Crippen MR) is 75.5 cm³/mol. The van der Waals surface area contributed by atoms with Gasteiger partial charge in [0.1, 0.15) is 6.17 Å². The second-order valence-electron chi connectivity index (χ2n) is 5.94. The van der Waals surface area contributed by atoms with Crippen LogP contribution in [0.5, 0.6) is 0 Å². The third-order valence-electron chi connectivity index (χ3n) is 4.39. The van der Waals surface area contributed by atoms with E-state index in [2.05, 4.69) is 28.6 Å². The molecule has 0 aromatic carbocycles. The molecule has 4 nitrogen and oxygen atoms in total. The van der Waals surface area contributed by atoms with E-state index in [4.69, 9.17) is 0 Å². The van der Waals surface area contributed by atoms with Crippen LogP contribution in [0.25, 0.3) is 0 Å². The number of hydrogen-bond donors (Lipinski definition) is 0. The Kier molecular flexibility index (Phi) is 3.27. The minimum Gasteiger partial charge on any atom is -0.350 e. The Morgan fingerprint density at radius 2 is 2.00 bits per heavy atom. The lowest BCUT2D eigenvalue weighted by Gasteiger charge is -2.42. The van der Waals surface area contributed by atoms with Gasteiger partial charge in [0.15, 0.2) is 5.82 Å². The molecule has 3 rings (SSSR count). The molecule has 0 amide bonds. The van der Waals surface area contributed by atoms with Crippen molar-refractivity contribution >= 4 is 11.5 Å². The van der Waals surface area contributed by atoms with Crippen LogP contribution in [0.2, 0.25) is 0 Å². The maximum Gasteiger partial charge on any atom is 0.417 e. The van der Waals surface area contributed by atoms with Gasteiger partial charge in [0.05, 0.1) is 11.3 Å². The third kappa shape index (κ3) is 2.33. The zero-order valence-corrected chi connectivity index (χ0v) is 12.4. The van der Waals surface area contributed by atoms with Crippen molar-refractivity contribution in [3.05, 3.63) is 17.8 Å². The summed E-state index contributed by atoms with van der Waals surface area (Å²) < 4.78 is 38.5. The minimum absolute atomic E-state index is 0.0622. The topological polar surface area (TPSA) is 22.6 Å². The highest BCUT2D eigenvalue weighted by Gasteiger charge is 2.41. The van der Waals surface area contributed by atoms with Gasteiger partial charge in [0.2, 0.25) is 0 Å². The Balaban J connectivity index is 1.92. The molecule has 2 aliphatic heterocycles. The fourth-order valence-corrected chi connectivity index (χ4v) is 3.07. The molecule has 21 heavy (non-hydrogen) atoms. The number of likely N-dealkylation sites (N-methyl/N-ethyl adjacent to an activating group) is 1. The molecule has 3 heterocycles. The zero-order valence-electron chi connectivity index (χ0n) is 12.4. The van der Waals surface area contributed by atoms with Crippen LogP contribution in [0.15, 0.2) is 12.3 Å². The van der Waals surface area contributed by atoms with E-state index in [0.29, 0.717) is 17.5 Å². The molecule has 0 radical (unpaired) electrons. The molecule has 1 aromatic rings. The Hall–Kier alpha value is -1.50. The lowest BCUT2D eigenvalue weighted by molar-refractivity contribution is -0.137. The smallest absolute Gasteiger partial charge is 0.350 e. The van der Waals surface area contributed by atoms with Crippen LogP contribution in [-0.2, 0) is 6.18 Å². The van der Waals surface area contributed by atoms with Crippen molar-refractivity contribution in [2.45, 2.75) is 32.2 Å². The highest BCUT2D eigenvalue weighted by molar-refractivity contribution is 5.74.